The molecule has 1 aromatic carbocycles. The Labute approximate surface area is 131 Å². The number of benzene rings is 1. The lowest BCUT2D eigenvalue weighted by Crippen LogP contribution is -2.04. The highest BCUT2D eigenvalue weighted by atomic mass is 32.1. The van der Waals surface area contributed by atoms with E-state index >= 15 is 0 Å². The lowest BCUT2D eigenvalue weighted by molar-refractivity contribution is 0.0432. The first-order valence-corrected chi connectivity index (χ1v) is 7.57. The summed E-state index contributed by atoms with van der Waals surface area (Å²) in [5.41, 5.74) is 2.87. The minimum atomic E-state index is -0.494. The molecule has 2 aromatic heterocycles. The van der Waals surface area contributed by atoms with Crippen molar-refractivity contribution >= 4 is 28.1 Å². The van der Waals surface area contributed by atoms with Crippen molar-refractivity contribution in [3.8, 4) is 0 Å². The molecule has 0 fully saturated rings. The molecule has 0 atom stereocenters. The van der Waals surface area contributed by atoms with Crippen LogP contribution in [-0.4, -0.2) is 11.0 Å². The second kappa shape index (κ2) is 6.44. The number of anilines is 2. The van der Waals surface area contributed by atoms with Crippen LogP contribution in [0.25, 0.3) is 0 Å². The number of nitrogens with zero attached hydrogens (tertiary/aromatic N) is 1. The summed E-state index contributed by atoms with van der Waals surface area (Å²) in [5.74, 6) is -0.306. The third-order valence-corrected chi connectivity index (χ3v) is 3.73. The van der Waals surface area contributed by atoms with Gasteiger partial charge in [0.1, 0.15) is 6.61 Å². The number of carbonyl (C=O) groups is 1. The largest absolute Gasteiger partial charge is 0.457 e. The molecule has 0 aliphatic heterocycles. The fourth-order valence-corrected chi connectivity index (χ4v) is 2.51. The number of hydrogen-bond donors (Lipinski definition) is 1. The number of furan rings is 1. The predicted octanol–water partition coefficient (Wildman–Crippen LogP) is 4.15. The van der Waals surface area contributed by atoms with Gasteiger partial charge in [-0.3, -0.25) is 0 Å². The fraction of sp³-hybridized carbons (Fsp3) is 0.125. The van der Waals surface area contributed by atoms with Crippen LogP contribution in [0.2, 0.25) is 0 Å². The second-order valence-electron chi connectivity index (χ2n) is 4.69. The van der Waals surface area contributed by atoms with Gasteiger partial charge >= 0.3 is 5.97 Å². The van der Waals surface area contributed by atoms with E-state index in [0.29, 0.717) is 5.69 Å². The normalized spacial score (nSPS) is 10.4. The number of aromatic nitrogens is 1. The molecule has 0 amide bonds. The van der Waals surface area contributed by atoms with Gasteiger partial charge in [0, 0.05) is 11.1 Å². The van der Waals surface area contributed by atoms with Crippen LogP contribution in [0.5, 0.6) is 0 Å². The Bertz CT molecular complexity index is 748. The van der Waals surface area contributed by atoms with E-state index in [1.807, 2.05) is 36.6 Å². The first-order valence-electron chi connectivity index (χ1n) is 6.69. The number of hydrogen-bond acceptors (Lipinski definition) is 6. The van der Waals surface area contributed by atoms with Crippen molar-refractivity contribution in [2.45, 2.75) is 13.5 Å². The van der Waals surface area contributed by atoms with Crippen LogP contribution in [-0.2, 0) is 11.3 Å². The lowest BCUT2D eigenvalue weighted by atomic mass is 10.2. The molecule has 3 aromatic rings. The van der Waals surface area contributed by atoms with E-state index in [4.69, 9.17) is 9.15 Å². The first-order chi connectivity index (χ1) is 10.7. The van der Waals surface area contributed by atoms with Crippen LogP contribution in [0.1, 0.15) is 21.8 Å². The van der Waals surface area contributed by atoms with Gasteiger partial charge in [0.2, 0.25) is 5.76 Å². The highest BCUT2D eigenvalue weighted by Crippen LogP contribution is 2.21. The highest BCUT2D eigenvalue weighted by Gasteiger charge is 2.11. The van der Waals surface area contributed by atoms with Crippen molar-refractivity contribution in [3.63, 3.8) is 0 Å². The van der Waals surface area contributed by atoms with Gasteiger partial charge in [-0.15, -0.1) is 11.3 Å². The van der Waals surface area contributed by atoms with Crippen LogP contribution < -0.4 is 5.32 Å². The molecule has 22 heavy (non-hydrogen) atoms. The van der Waals surface area contributed by atoms with Gasteiger partial charge in [0.05, 0.1) is 12.0 Å². The highest BCUT2D eigenvalue weighted by molar-refractivity contribution is 7.13. The van der Waals surface area contributed by atoms with E-state index in [-0.39, 0.29) is 12.4 Å². The molecule has 3 rings (SSSR count). The molecule has 0 aliphatic carbocycles. The Morgan fingerprint density at radius 3 is 2.86 bits per heavy atom. The number of ether oxygens (including phenoxy) is 1. The van der Waals surface area contributed by atoms with Crippen molar-refractivity contribution in [2.24, 2.45) is 0 Å². The van der Waals surface area contributed by atoms with E-state index in [0.717, 1.165) is 10.8 Å². The third-order valence-electron chi connectivity index (χ3n) is 2.93. The molecule has 1 N–H and O–H groups in total. The standard InChI is InChI=1S/C16H14N2O3S/c1-11-4-6-12(7-5-11)17-16-18-13(10-22-16)9-21-15(19)14-3-2-8-20-14/h2-8,10H,9H2,1H3,(H,17,18). The summed E-state index contributed by atoms with van der Waals surface area (Å²) < 4.78 is 10.1. The maximum absolute atomic E-state index is 11.7. The third kappa shape index (κ3) is 3.53. The number of thiazole rings is 1. The lowest BCUT2D eigenvalue weighted by Gasteiger charge is -2.02. The summed E-state index contributed by atoms with van der Waals surface area (Å²) in [6.45, 7) is 2.16. The van der Waals surface area contributed by atoms with Crippen molar-refractivity contribution in [3.05, 3.63) is 65.1 Å². The van der Waals surface area contributed by atoms with E-state index in [2.05, 4.69) is 10.3 Å². The van der Waals surface area contributed by atoms with E-state index in [9.17, 15) is 4.79 Å². The van der Waals surface area contributed by atoms with Crippen LogP contribution in [0.4, 0.5) is 10.8 Å². The number of rotatable bonds is 5. The summed E-state index contributed by atoms with van der Waals surface area (Å²) >= 11 is 1.46. The molecule has 112 valence electrons. The Hall–Kier alpha value is -2.60. The average Bonchev–Trinajstić information content (AvgIpc) is 3.19. The van der Waals surface area contributed by atoms with Gasteiger partial charge in [0.15, 0.2) is 5.13 Å². The van der Waals surface area contributed by atoms with Crippen LogP contribution in [0.3, 0.4) is 0 Å². The monoisotopic (exact) mass is 314 g/mol. The fourth-order valence-electron chi connectivity index (χ4n) is 1.80. The van der Waals surface area contributed by atoms with Gasteiger partial charge in [0.25, 0.3) is 0 Å². The SMILES string of the molecule is Cc1ccc(Nc2nc(COC(=O)c3ccco3)cs2)cc1. The molecule has 0 aliphatic rings. The van der Waals surface area contributed by atoms with Crippen LogP contribution >= 0.6 is 11.3 Å². The molecule has 0 radical (unpaired) electrons. The van der Waals surface area contributed by atoms with E-state index < -0.39 is 5.97 Å². The molecule has 6 heteroatoms. The molecular formula is C16H14N2O3S. The smallest absolute Gasteiger partial charge is 0.374 e. The number of esters is 1. The molecule has 0 spiro atoms. The predicted molar refractivity (Wildman–Crippen MR) is 84.4 cm³/mol. The van der Waals surface area contributed by atoms with Crippen LogP contribution in [0.15, 0.2) is 52.5 Å². The zero-order chi connectivity index (χ0) is 15.4. The summed E-state index contributed by atoms with van der Waals surface area (Å²) in [7, 11) is 0. The summed E-state index contributed by atoms with van der Waals surface area (Å²) in [5, 5.41) is 5.83. The Balaban J connectivity index is 1.57. The molecule has 0 saturated carbocycles. The van der Waals surface area contributed by atoms with Gasteiger partial charge in [-0.05, 0) is 31.2 Å². The molecule has 2 heterocycles. The summed E-state index contributed by atoms with van der Waals surface area (Å²) in [6.07, 6.45) is 1.43. The minimum absolute atomic E-state index is 0.117. The maximum atomic E-state index is 11.7. The van der Waals surface area contributed by atoms with E-state index in [1.54, 1.807) is 12.1 Å². The zero-order valence-corrected chi connectivity index (χ0v) is 12.7. The molecule has 0 unspecified atom stereocenters. The van der Waals surface area contributed by atoms with Crippen molar-refractivity contribution in [2.75, 3.05) is 5.32 Å². The van der Waals surface area contributed by atoms with Crippen molar-refractivity contribution in [1.29, 1.82) is 0 Å². The first kappa shape index (κ1) is 14.3. The number of carbonyl (C=O) groups excluding carboxylic acids is 1. The van der Waals surface area contributed by atoms with Gasteiger partial charge < -0.3 is 14.5 Å². The second-order valence-corrected chi connectivity index (χ2v) is 5.55. The van der Waals surface area contributed by atoms with Gasteiger partial charge in [-0.25, -0.2) is 9.78 Å². The Kier molecular flexibility index (Phi) is 4.20. The van der Waals surface area contributed by atoms with E-state index in [1.165, 1.54) is 23.2 Å². The van der Waals surface area contributed by atoms with Crippen molar-refractivity contribution < 1.29 is 13.9 Å². The number of nitrogens with one attached hydrogen (secondary N) is 1. The Morgan fingerprint density at radius 2 is 2.14 bits per heavy atom. The topological polar surface area (TPSA) is 64.4 Å². The number of aryl methyl sites for hydroxylation is 1. The molecule has 0 saturated heterocycles. The van der Waals surface area contributed by atoms with Crippen LogP contribution in [0, 0.1) is 6.92 Å². The average molecular weight is 314 g/mol. The molecule has 5 nitrogen and oxygen atoms in total. The Morgan fingerprint density at radius 1 is 1.32 bits per heavy atom. The van der Waals surface area contributed by atoms with Gasteiger partial charge in [-0.2, -0.15) is 0 Å². The molecule has 0 bridgehead atoms. The van der Waals surface area contributed by atoms with Crippen molar-refractivity contribution in [1.82, 2.24) is 4.98 Å². The quantitative estimate of drug-likeness (QED) is 0.717. The summed E-state index contributed by atoms with van der Waals surface area (Å²) in [4.78, 5) is 16.0. The molecular weight excluding hydrogens is 300 g/mol. The summed E-state index contributed by atoms with van der Waals surface area (Å²) in [6, 6.07) is 11.3. The maximum Gasteiger partial charge on any atom is 0.374 e. The zero-order valence-electron chi connectivity index (χ0n) is 11.9. The minimum Gasteiger partial charge on any atom is -0.457 e. The van der Waals surface area contributed by atoms with Gasteiger partial charge in [-0.1, -0.05) is 17.7 Å².